The lowest BCUT2D eigenvalue weighted by Gasteiger charge is -2.14. The number of ether oxygens (including phenoxy) is 2. The van der Waals surface area contributed by atoms with Gasteiger partial charge in [0.1, 0.15) is 6.61 Å². The van der Waals surface area contributed by atoms with Crippen LogP contribution in [0.2, 0.25) is 0 Å². The first-order valence-corrected chi connectivity index (χ1v) is 9.24. The summed E-state index contributed by atoms with van der Waals surface area (Å²) in [7, 11) is 0. The van der Waals surface area contributed by atoms with Crippen molar-refractivity contribution in [3.8, 4) is 11.5 Å². The zero-order valence-corrected chi connectivity index (χ0v) is 16.4. The van der Waals surface area contributed by atoms with E-state index in [4.69, 9.17) is 9.47 Å². The summed E-state index contributed by atoms with van der Waals surface area (Å²) in [6.45, 7) is 6.84. The van der Waals surface area contributed by atoms with Crippen LogP contribution in [0.1, 0.15) is 34.0 Å². The summed E-state index contributed by atoms with van der Waals surface area (Å²) in [4.78, 5) is 16.6. The van der Waals surface area contributed by atoms with Gasteiger partial charge in [-0.15, -0.1) is 0 Å². The van der Waals surface area contributed by atoms with E-state index in [-0.39, 0.29) is 5.91 Å². The summed E-state index contributed by atoms with van der Waals surface area (Å²) in [6.07, 6.45) is 3.45. The van der Waals surface area contributed by atoms with Crippen molar-refractivity contribution in [1.82, 2.24) is 4.98 Å². The summed E-state index contributed by atoms with van der Waals surface area (Å²) in [6, 6.07) is 14.9. The number of nitrogens with zero attached hydrogens (tertiary/aromatic N) is 1. The molecule has 1 amide bonds. The van der Waals surface area contributed by atoms with Gasteiger partial charge >= 0.3 is 0 Å². The van der Waals surface area contributed by atoms with Crippen LogP contribution in [0.25, 0.3) is 0 Å². The zero-order chi connectivity index (χ0) is 19.9. The molecule has 5 nitrogen and oxygen atoms in total. The average molecular weight is 376 g/mol. The SMILES string of the molecule is CCOc1cc(C(=O)Nc2ccc(C)c(C)c2)ccc1OCc1ccncc1. The number of anilines is 1. The third-order valence-electron chi connectivity index (χ3n) is 4.41. The lowest BCUT2D eigenvalue weighted by atomic mass is 10.1. The molecule has 0 radical (unpaired) electrons. The monoisotopic (exact) mass is 376 g/mol. The summed E-state index contributed by atoms with van der Waals surface area (Å²) < 4.78 is 11.6. The van der Waals surface area contributed by atoms with Gasteiger partial charge in [-0.1, -0.05) is 6.07 Å². The van der Waals surface area contributed by atoms with Gasteiger partial charge in [0.25, 0.3) is 5.91 Å². The molecule has 1 aromatic heterocycles. The zero-order valence-electron chi connectivity index (χ0n) is 16.4. The van der Waals surface area contributed by atoms with E-state index in [9.17, 15) is 4.79 Å². The first-order chi connectivity index (χ1) is 13.6. The molecular weight excluding hydrogens is 352 g/mol. The lowest BCUT2D eigenvalue weighted by molar-refractivity contribution is 0.102. The molecular formula is C23H24N2O3. The Hall–Kier alpha value is -3.34. The van der Waals surface area contributed by atoms with Crippen molar-refractivity contribution in [3.05, 3.63) is 83.2 Å². The van der Waals surface area contributed by atoms with Gasteiger partial charge in [-0.25, -0.2) is 0 Å². The van der Waals surface area contributed by atoms with Crippen LogP contribution >= 0.6 is 0 Å². The first kappa shape index (κ1) is 19.4. The Kier molecular flexibility index (Phi) is 6.27. The van der Waals surface area contributed by atoms with Crippen LogP contribution in [0.5, 0.6) is 11.5 Å². The van der Waals surface area contributed by atoms with Gasteiger partial charge in [-0.05, 0) is 79.9 Å². The molecule has 28 heavy (non-hydrogen) atoms. The van der Waals surface area contributed by atoms with Crippen LogP contribution in [0.15, 0.2) is 60.9 Å². The molecule has 0 spiro atoms. The van der Waals surface area contributed by atoms with E-state index < -0.39 is 0 Å². The second kappa shape index (κ2) is 9.04. The quantitative estimate of drug-likeness (QED) is 0.635. The smallest absolute Gasteiger partial charge is 0.255 e. The Bertz CT molecular complexity index is 955. The number of aromatic nitrogens is 1. The highest BCUT2D eigenvalue weighted by molar-refractivity contribution is 6.04. The van der Waals surface area contributed by atoms with Crippen LogP contribution in [-0.2, 0) is 6.61 Å². The van der Waals surface area contributed by atoms with Gasteiger partial charge in [0.05, 0.1) is 6.61 Å². The van der Waals surface area contributed by atoms with E-state index in [1.165, 1.54) is 5.56 Å². The predicted octanol–water partition coefficient (Wildman–Crippen LogP) is 4.93. The molecule has 0 fully saturated rings. The minimum Gasteiger partial charge on any atom is -0.490 e. The molecule has 1 N–H and O–H groups in total. The largest absolute Gasteiger partial charge is 0.490 e. The highest BCUT2D eigenvalue weighted by atomic mass is 16.5. The Morgan fingerprint density at radius 3 is 2.43 bits per heavy atom. The summed E-state index contributed by atoms with van der Waals surface area (Å²) in [5, 5.41) is 2.93. The number of carbonyl (C=O) groups excluding carboxylic acids is 1. The number of hydrogen-bond acceptors (Lipinski definition) is 4. The standard InChI is InChI=1S/C23H24N2O3/c1-4-27-22-14-19(23(26)25-20-7-5-16(2)17(3)13-20)6-8-21(22)28-15-18-9-11-24-12-10-18/h5-14H,4,15H2,1-3H3,(H,25,26). The van der Waals surface area contributed by atoms with Gasteiger partial charge < -0.3 is 14.8 Å². The number of nitrogens with one attached hydrogen (secondary N) is 1. The second-order valence-electron chi connectivity index (χ2n) is 6.49. The summed E-state index contributed by atoms with van der Waals surface area (Å²) >= 11 is 0. The van der Waals surface area contributed by atoms with E-state index in [0.717, 1.165) is 16.8 Å². The minimum atomic E-state index is -0.190. The van der Waals surface area contributed by atoms with Gasteiger partial charge in [0.15, 0.2) is 11.5 Å². The normalized spacial score (nSPS) is 10.4. The van der Waals surface area contributed by atoms with Gasteiger partial charge in [0, 0.05) is 23.6 Å². The van der Waals surface area contributed by atoms with E-state index in [1.54, 1.807) is 30.6 Å². The maximum Gasteiger partial charge on any atom is 0.255 e. The fraction of sp³-hybridized carbons (Fsp3) is 0.217. The number of amides is 1. The second-order valence-corrected chi connectivity index (χ2v) is 6.49. The number of hydrogen-bond donors (Lipinski definition) is 1. The molecule has 3 aromatic rings. The molecule has 0 saturated heterocycles. The Labute approximate surface area is 165 Å². The Balaban J connectivity index is 1.75. The maximum atomic E-state index is 12.6. The number of carbonyl (C=O) groups is 1. The van der Waals surface area contributed by atoms with E-state index in [2.05, 4.69) is 10.3 Å². The topological polar surface area (TPSA) is 60.5 Å². The Morgan fingerprint density at radius 1 is 0.929 bits per heavy atom. The van der Waals surface area contributed by atoms with Crippen LogP contribution in [0.3, 0.4) is 0 Å². The number of aryl methyl sites for hydroxylation is 2. The number of benzene rings is 2. The molecule has 1 heterocycles. The van der Waals surface area contributed by atoms with Gasteiger partial charge in [-0.3, -0.25) is 9.78 Å². The van der Waals surface area contributed by atoms with Gasteiger partial charge in [-0.2, -0.15) is 0 Å². The van der Waals surface area contributed by atoms with Crippen molar-refractivity contribution in [3.63, 3.8) is 0 Å². The third kappa shape index (κ3) is 4.88. The molecule has 0 aliphatic heterocycles. The van der Waals surface area contributed by atoms with Crippen LogP contribution in [0.4, 0.5) is 5.69 Å². The van der Waals surface area contributed by atoms with E-state index in [1.807, 2.05) is 51.1 Å². The molecule has 3 rings (SSSR count). The molecule has 144 valence electrons. The van der Waals surface area contributed by atoms with Crippen molar-refractivity contribution in [2.45, 2.75) is 27.4 Å². The number of rotatable bonds is 7. The van der Waals surface area contributed by atoms with Crippen LogP contribution in [-0.4, -0.2) is 17.5 Å². The molecule has 2 aromatic carbocycles. The molecule has 0 saturated carbocycles. The fourth-order valence-corrected chi connectivity index (χ4v) is 2.70. The van der Waals surface area contributed by atoms with E-state index >= 15 is 0 Å². The van der Waals surface area contributed by atoms with Crippen LogP contribution in [0, 0.1) is 13.8 Å². The molecule has 0 unspecified atom stereocenters. The fourth-order valence-electron chi connectivity index (χ4n) is 2.70. The van der Waals surface area contributed by atoms with E-state index in [0.29, 0.717) is 30.3 Å². The summed E-state index contributed by atoms with van der Waals surface area (Å²) in [5.41, 5.74) is 4.61. The summed E-state index contributed by atoms with van der Waals surface area (Å²) in [5.74, 6) is 0.954. The highest BCUT2D eigenvalue weighted by Crippen LogP contribution is 2.29. The third-order valence-corrected chi connectivity index (χ3v) is 4.41. The van der Waals surface area contributed by atoms with Gasteiger partial charge in [0.2, 0.25) is 0 Å². The molecule has 0 atom stereocenters. The Morgan fingerprint density at radius 2 is 1.71 bits per heavy atom. The molecule has 5 heteroatoms. The molecule has 0 aliphatic rings. The molecule has 0 bridgehead atoms. The van der Waals surface area contributed by atoms with Crippen LogP contribution < -0.4 is 14.8 Å². The average Bonchev–Trinajstić information content (AvgIpc) is 2.71. The predicted molar refractivity (Wildman–Crippen MR) is 110 cm³/mol. The molecule has 0 aliphatic carbocycles. The van der Waals surface area contributed by atoms with Crippen molar-refractivity contribution in [1.29, 1.82) is 0 Å². The van der Waals surface area contributed by atoms with Crippen molar-refractivity contribution >= 4 is 11.6 Å². The highest BCUT2D eigenvalue weighted by Gasteiger charge is 2.12. The minimum absolute atomic E-state index is 0.190. The first-order valence-electron chi connectivity index (χ1n) is 9.24. The van der Waals surface area contributed by atoms with Crippen molar-refractivity contribution in [2.75, 3.05) is 11.9 Å². The van der Waals surface area contributed by atoms with Crippen molar-refractivity contribution in [2.24, 2.45) is 0 Å². The maximum absolute atomic E-state index is 12.6. The number of pyridine rings is 1. The lowest BCUT2D eigenvalue weighted by Crippen LogP contribution is -2.12. The van der Waals surface area contributed by atoms with Crippen molar-refractivity contribution < 1.29 is 14.3 Å².